The number of ether oxygens (including phenoxy) is 1. The highest BCUT2D eigenvalue weighted by molar-refractivity contribution is 9.10. The summed E-state index contributed by atoms with van der Waals surface area (Å²) in [5.41, 5.74) is 5.88. The van der Waals surface area contributed by atoms with Crippen molar-refractivity contribution < 1.29 is 13.9 Å². The highest BCUT2D eigenvalue weighted by Crippen LogP contribution is 2.18. The molecule has 0 aliphatic carbocycles. The maximum atomic E-state index is 13.5. The number of carbonyl (C=O) groups is 1. The third-order valence-corrected chi connectivity index (χ3v) is 2.35. The van der Waals surface area contributed by atoms with Crippen LogP contribution >= 0.6 is 15.9 Å². The molecule has 0 amide bonds. The molecule has 88 valence electrons. The first-order chi connectivity index (χ1) is 7.56. The van der Waals surface area contributed by atoms with E-state index in [0.29, 0.717) is 10.3 Å². The van der Waals surface area contributed by atoms with Crippen LogP contribution in [0.1, 0.15) is 18.7 Å². The van der Waals surface area contributed by atoms with Crippen LogP contribution in [0.4, 0.5) is 4.39 Å². The number of esters is 1. The Hall–Kier alpha value is -1.01. The molecule has 1 unspecified atom stereocenters. The van der Waals surface area contributed by atoms with Crippen LogP contribution in [0.15, 0.2) is 22.8 Å². The van der Waals surface area contributed by atoms with Crippen LogP contribution in [-0.2, 0) is 9.53 Å². The first kappa shape index (κ1) is 13.1. The maximum absolute atomic E-state index is 13.5. The Labute approximate surface area is 101 Å². The Bertz CT molecular complexity index is 376. The van der Waals surface area contributed by atoms with E-state index < -0.39 is 18.2 Å². The second-order valence-corrected chi connectivity index (χ2v) is 3.88. The van der Waals surface area contributed by atoms with Gasteiger partial charge in [-0.05, 0) is 35.0 Å². The number of nitrogens with zero attached hydrogens (tertiary/aromatic N) is 1. The van der Waals surface area contributed by atoms with Gasteiger partial charge in [-0.2, -0.15) is 0 Å². The van der Waals surface area contributed by atoms with E-state index in [0.717, 1.165) is 0 Å². The fraction of sp³-hybridized carbons (Fsp3) is 0.400. The van der Waals surface area contributed by atoms with Gasteiger partial charge >= 0.3 is 5.97 Å². The van der Waals surface area contributed by atoms with Crippen LogP contribution in [0, 0.1) is 0 Å². The molecule has 1 aromatic rings. The Kier molecular flexibility index (Phi) is 4.82. The van der Waals surface area contributed by atoms with Crippen molar-refractivity contribution in [1.29, 1.82) is 0 Å². The summed E-state index contributed by atoms with van der Waals surface area (Å²) < 4.78 is 18.6. The van der Waals surface area contributed by atoms with Crippen molar-refractivity contribution in [2.75, 3.05) is 6.61 Å². The molecule has 1 rings (SSSR count). The van der Waals surface area contributed by atoms with Gasteiger partial charge in [0.2, 0.25) is 6.17 Å². The van der Waals surface area contributed by atoms with Gasteiger partial charge < -0.3 is 10.5 Å². The van der Waals surface area contributed by atoms with Crippen LogP contribution in [0.3, 0.4) is 0 Å². The lowest BCUT2D eigenvalue weighted by molar-refractivity contribution is -0.150. The highest BCUT2D eigenvalue weighted by Gasteiger charge is 2.28. The predicted molar refractivity (Wildman–Crippen MR) is 60.4 cm³/mol. The lowest BCUT2D eigenvalue weighted by Gasteiger charge is -2.14. The van der Waals surface area contributed by atoms with Crippen LogP contribution in [0.5, 0.6) is 0 Å². The fourth-order valence-electron chi connectivity index (χ4n) is 1.13. The minimum Gasteiger partial charge on any atom is -0.464 e. The van der Waals surface area contributed by atoms with Gasteiger partial charge in [0, 0.05) is 0 Å². The summed E-state index contributed by atoms with van der Waals surface area (Å²) in [6.45, 7) is 1.73. The van der Waals surface area contributed by atoms with Gasteiger partial charge in [0.25, 0.3) is 0 Å². The van der Waals surface area contributed by atoms with Gasteiger partial charge in [-0.15, -0.1) is 0 Å². The lowest BCUT2D eigenvalue weighted by Crippen LogP contribution is -2.32. The zero-order valence-electron chi connectivity index (χ0n) is 8.69. The molecule has 6 heteroatoms. The zero-order chi connectivity index (χ0) is 12.1. The molecule has 0 aromatic carbocycles. The molecule has 0 aliphatic heterocycles. The van der Waals surface area contributed by atoms with Gasteiger partial charge in [0.05, 0.1) is 18.3 Å². The summed E-state index contributed by atoms with van der Waals surface area (Å²) in [5.74, 6) is -0.961. The number of hydrogen-bond acceptors (Lipinski definition) is 4. The van der Waals surface area contributed by atoms with Gasteiger partial charge in [0.15, 0.2) is 0 Å². The van der Waals surface area contributed by atoms with Gasteiger partial charge in [-0.3, -0.25) is 0 Å². The summed E-state index contributed by atoms with van der Waals surface area (Å²) in [7, 11) is 0. The molecular weight excluding hydrogens is 279 g/mol. The molecule has 0 spiro atoms. The lowest BCUT2D eigenvalue weighted by atomic mass is 10.1. The van der Waals surface area contributed by atoms with Gasteiger partial charge in [-0.25, -0.2) is 14.2 Å². The third kappa shape index (κ3) is 3.24. The first-order valence-electron chi connectivity index (χ1n) is 4.75. The molecule has 1 heterocycles. The van der Waals surface area contributed by atoms with E-state index in [-0.39, 0.29) is 6.61 Å². The van der Waals surface area contributed by atoms with Crippen molar-refractivity contribution in [1.82, 2.24) is 4.98 Å². The number of pyridine rings is 1. The minimum atomic E-state index is -1.90. The Morgan fingerprint density at radius 1 is 1.69 bits per heavy atom. The quantitative estimate of drug-likeness (QED) is 0.678. The second-order valence-electron chi connectivity index (χ2n) is 3.06. The summed E-state index contributed by atoms with van der Waals surface area (Å²) >= 11 is 3.14. The third-order valence-electron chi connectivity index (χ3n) is 1.91. The van der Waals surface area contributed by atoms with E-state index in [1.54, 1.807) is 25.1 Å². The van der Waals surface area contributed by atoms with Gasteiger partial charge in [0.1, 0.15) is 4.60 Å². The van der Waals surface area contributed by atoms with E-state index in [1.165, 1.54) is 0 Å². The maximum Gasteiger partial charge on any atom is 0.342 e. The number of halogens is 2. The average molecular weight is 291 g/mol. The summed E-state index contributed by atoms with van der Waals surface area (Å²) in [6, 6.07) is 3.80. The molecule has 0 bridgehead atoms. The van der Waals surface area contributed by atoms with Gasteiger partial charge in [-0.1, -0.05) is 6.07 Å². The molecule has 0 radical (unpaired) electrons. The number of aromatic nitrogens is 1. The van der Waals surface area contributed by atoms with Crippen molar-refractivity contribution in [3.05, 3.63) is 28.5 Å². The molecule has 2 atom stereocenters. The Morgan fingerprint density at radius 2 is 2.38 bits per heavy atom. The molecule has 0 fully saturated rings. The number of hydrogen-bond donors (Lipinski definition) is 1. The number of alkyl halides is 1. The molecule has 0 saturated carbocycles. The molecule has 0 aliphatic rings. The van der Waals surface area contributed by atoms with Crippen molar-refractivity contribution >= 4 is 21.9 Å². The molecule has 2 N–H and O–H groups in total. The van der Waals surface area contributed by atoms with E-state index in [2.05, 4.69) is 25.7 Å². The standard InChI is InChI=1S/C10H12BrFN2O2/c1-2-16-10(15)8(12)9(13)6-4-3-5-7(11)14-6/h3-5,8-9H,2,13H2,1H3/t8?,9-/m0/s1. The van der Waals surface area contributed by atoms with Crippen molar-refractivity contribution in [3.8, 4) is 0 Å². The monoisotopic (exact) mass is 290 g/mol. The molecule has 4 nitrogen and oxygen atoms in total. The average Bonchev–Trinajstić information content (AvgIpc) is 2.27. The molecule has 1 aromatic heterocycles. The molecular formula is C10H12BrFN2O2. The van der Waals surface area contributed by atoms with Crippen LogP contribution in [-0.4, -0.2) is 23.7 Å². The Morgan fingerprint density at radius 3 is 2.94 bits per heavy atom. The number of nitrogens with two attached hydrogens (primary N) is 1. The van der Waals surface area contributed by atoms with Crippen molar-refractivity contribution in [2.24, 2.45) is 5.73 Å². The summed E-state index contributed by atoms with van der Waals surface area (Å²) in [4.78, 5) is 15.1. The second kappa shape index (κ2) is 5.91. The smallest absolute Gasteiger partial charge is 0.342 e. The zero-order valence-corrected chi connectivity index (χ0v) is 10.3. The Balaban J connectivity index is 2.77. The molecule has 0 saturated heterocycles. The number of carbonyl (C=O) groups excluding carboxylic acids is 1. The SMILES string of the molecule is CCOC(=O)C(F)[C@@H](N)c1cccc(Br)n1. The van der Waals surface area contributed by atoms with E-state index in [9.17, 15) is 9.18 Å². The summed E-state index contributed by atoms with van der Waals surface area (Å²) in [6.07, 6.45) is -1.90. The van der Waals surface area contributed by atoms with Crippen LogP contribution in [0.2, 0.25) is 0 Å². The number of rotatable bonds is 4. The van der Waals surface area contributed by atoms with Crippen LogP contribution in [0.25, 0.3) is 0 Å². The van der Waals surface area contributed by atoms with E-state index in [4.69, 9.17) is 5.73 Å². The van der Waals surface area contributed by atoms with Crippen molar-refractivity contribution in [3.63, 3.8) is 0 Å². The largest absolute Gasteiger partial charge is 0.464 e. The van der Waals surface area contributed by atoms with E-state index in [1.807, 2.05) is 0 Å². The fourth-order valence-corrected chi connectivity index (χ4v) is 1.49. The van der Waals surface area contributed by atoms with Crippen molar-refractivity contribution in [2.45, 2.75) is 19.1 Å². The highest BCUT2D eigenvalue weighted by atomic mass is 79.9. The molecule has 16 heavy (non-hydrogen) atoms. The topological polar surface area (TPSA) is 65.2 Å². The van der Waals surface area contributed by atoms with E-state index >= 15 is 0 Å². The minimum absolute atomic E-state index is 0.123. The summed E-state index contributed by atoms with van der Waals surface area (Å²) in [5, 5.41) is 0. The first-order valence-corrected chi connectivity index (χ1v) is 5.54. The normalized spacial score (nSPS) is 14.2. The predicted octanol–water partition coefficient (Wildman–Crippen LogP) is 1.75. The van der Waals surface area contributed by atoms with Crippen LogP contribution < -0.4 is 5.73 Å².